The van der Waals surface area contributed by atoms with Gasteiger partial charge in [-0.05, 0) is 18.6 Å². The molecule has 3 heterocycles. The Morgan fingerprint density at radius 2 is 2.06 bits per heavy atom. The lowest BCUT2D eigenvalue weighted by Crippen LogP contribution is -3.14. The van der Waals surface area contributed by atoms with Crippen molar-refractivity contribution >= 4 is 23.2 Å². The number of benzene rings is 1. The molecule has 2 aromatic rings. The topological polar surface area (TPSA) is 94.7 Å². The van der Waals surface area contributed by atoms with Crippen LogP contribution >= 0.6 is 23.2 Å². The third-order valence-electron chi connectivity index (χ3n) is 5.87. The SMILES string of the molecule is Cc1cc2c(c(=O)n1CC[NH+]1CCOCC1)[C@@H](c1cccc(Cl)c1Cl)C(C#N)=C(N)O2. The summed E-state index contributed by atoms with van der Waals surface area (Å²) in [5, 5.41) is 10.4. The van der Waals surface area contributed by atoms with E-state index in [1.165, 1.54) is 4.90 Å². The number of nitrogens with zero attached hydrogens (tertiary/aromatic N) is 2. The Balaban J connectivity index is 1.82. The Bertz CT molecular complexity index is 1150. The van der Waals surface area contributed by atoms with E-state index >= 15 is 0 Å². The number of pyridine rings is 1. The number of fused-ring (bicyclic) bond motifs is 1. The smallest absolute Gasteiger partial charge is 0.258 e. The second-order valence-electron chi connectivity index (χ2n) is 7.70. The number of aryl methyl sites for hydroxylation is 1. The Morgan fingerprint density at radius 1 is 1.32 bits per heavy atom. The lowest BCUT2D eigenvalue weighted by molar-refractivity contribution is -0.908. The number of nitrogens with two attached hydrogens (primary N) is 1. The summed E-state index contributed by atoms with van der Waals surface area (Å²) in [5.74, 6) is -0.449. The summed E-state index contributed by atoms with van der Waals surface area (Å²) in [6, 6.07) is 9.03. The van der Waals surface area contributed by atoms with Gasteiger partial charge in [-0.2, -0.15) is 5.26 Å². The van der Waals surface area contributed by atoms with E-state index in [2.05, 4.69) is 6.07 Å². The molecule has 0 unspecified atom stereocenters. The fraction of sp³-hybridized carbons (Fsp3) is 0.364. The Labute approximate surface area is 190 Å². The fourth-order valence-electron chi connectivity index (χ4n) is 4.20. The predicted molar refractivity (Wildman–Crippen MR) is 118 cm³/mol. The monoisotopic (exact) mass is 461 g/mol. The first kappa shape index (κ1) is 21.7. The van der Waals surface area contributed by atoms with Crippen LogP contribution in [0.5, 0.6) is 5.75 Å². The number of hydrogen-bond donors (Lipinski definition) is 2. The second-order valence-corrected chi connectivity index (χ2v) is 8.49. The number of nitriles is 1. The number of aromatic nitrogens is 1. The molecule has 9 heteroatoms. The number of halogens is 2. The maximum Gasteiger partial charge on any atom is 0.258 e. The zero-order valence-electron chi connectivity index (χ0n) is 17.1. The average molecular weight is 462 g/mol. The molecular weight excluding hydrogens is 439 g/mol. The van der Waals surface area contributed by atoms with Gasteiger partial charge in [-0.1, -0.05) is 35.3 Å². The average Bonchev–Trinajstić information content (AvgIpc) is 2.75. The first-order chi connectivity index (χ1) is 14.9. The molecule has 1 atom stereocenters. The molecule has 0 spiro atoms. The molecule has 1 aromatic carbocycles. The lowest BCUT2D eigenvalue weighted by atomic mass is 9.84. The van der Waals surface area contributed by atoms with E-state index in [9.17, 15) is 10.1 Å². The highest BCUT2D eigenvalue weighted by Gasteiger charge is 2.36. The molecule has 0 radical (unpaired) electrons. The second kappa shape index (κ2) is 8.93. The van der Waals surface area contributed by atoms with Crippen LogP contribution in [-0.2, 0) is 11.3 Å². The van der Waals surface area contributed by atoms with Gasteiger partial charge in [0.15, 0.2) is 0 Å². The molecule has 1 aromatic heterocycles. The third-order valence-corrected chi connectivity index (χ3v) is 6.70. The van der Waals surface area contributed by atoms with Gasteiger partial charge >= 0.3 is 0 Å². The number of nitrogens with one attached hydrogen (secondary N) is 1. The van der Waals surface area contributed by atoms with Crippen LogP contribution in [0.1, 0.15) is 22.7 Å². The standard InChI is InChI=1S/C22H22Cl2N4O3/c1-13-11-17-19(22(29)28(13)6-5-27-7-9-30-10-8-27)18(15(12-25)21(26)31-17)14-3-2-4-16(23)20(14)24/h2-4,11,18H,5-10,26H2,1H3/p+1/t18-/m0/s1. The summed E-state index contributed by atoms with van der Waals surface area (Å²) >= 11 is 12.7. The van der Waals surface area contributed by atoms with Crippen LogP contribution in [-0.4, -0.2) is 37.4 Å². The molecule has 0 aliphatic carbocycles. The first-order valence-corrected chi connectivity index (χ1v) is 10.8. The van der Waals surface area contributed by atoms with Crippen LogP contribution in [0.2, 0.25) is 10.0 Å². The van der Waals surface area contributed by atoms with Crippen LogP contribution in [0.3, 0.4) is 0 Å². The maximum atomic E-state index is 13.7. The largest absolute Gasteiger partial charge is 0.440 e. The van der Waals surface area contributed by atoms with Crippen molar-refractivity contribution in [1.82, 2.24) is 4.57 Å². The first-order valence-electron chi connectivity index (χ1n) is 10.1. The van der Waals surface area contributed by atoms with E-state index < -0.39 is 5.92 Å². The molecule has 4 rings (SSSR count). The minimum absolute atomic E-state index is 0.0367. The van der Waals surface area contributed by atoms with Gasteiger partial charge in [0.2, 0.25) is 5.88 Å². The van der Waals surface area contributed by atoms with Gasteiger partial charge in [-0.15, -0.1) is 0 Å². The number of ether oxygens (including phenoxy) is 2. The molecule has 2 aliphatic heterocycles. The molecule has 0 saturated carbocycles. The highest BCUT2D eigenvalue weighted by molar-refractivity contribution is 6.42. The van der Waals surface area contributed by atoms with Gasteiger partial charge in [0.25, 0.3) is 5.56 Å². The number of hydrogen-bond acceptors (Lipinski definition) is 5. The van der Waals surface area contributed by atoms with E-state index in [1.807, 2.05) is 6.92 Å². The molecule has 0 amide bonds. The van der Waals surface area contributed by atoms with Crippen molar-refractivity contribution < 1.29 is 14.4 Å². The molecule has 2 aliphatic rings. The van der Waals surface area contributed by atoms with Crippen molar-refractivity contribution in [3.8, 4) is 11.8 Å². The third kappa shape index (κ3) is 4.04. The van der Waals surface area contributed by atoms with Crippen LogP contribution in [0, 0.1) is 18.3 Å². The fourth-order valence-corrected chi connectivity index (χ4v) is 4.62. The van der Waals surface area contributed by atoms with E-state index in [0.29, 0.717) is 28.4 Å². The van der Waals surface area contributed by atoms with E-state index in [0.717, 1.165) is 38.5 Å². The molecule has 162 valence electrons. The summed E-state index contributed by atoms with van der Waals surface area (Å²) in [6.45, 7) is 6.50. The quantitative estimate of drug-likeness (QED) is 0.720. The van der Waals surface area contributed by atoms with Gasteiger partial charge in [0.05, 0.1) is 47.8 Å². The normalized spacial score (nSPS) is 19.0. The van der Waals surface area contributed by atoms with Crippen molar-refractivity contribution in [3.05, 3.63) is 72.9 Å². The molecule has 3 N–H and O–H groups in total. The summed E-state index contributed by atoms with van der Waals surface area (Å²) in [4.78, 5) is 15.0. The van der Waals surface area contributed by atoms with Gasteiger partial charge in [-0.25, -0.2) is 0 Å². The van der Waals surface area contributed by atoms with Gasteiger partial charge in [0.1, 0.15) is 30.5 Å². The van der Waals surface area contributed by atoms with Crippen LogP contribution in [0.4, 0.5) is 0 Å². The van der Waals surface area contributed by atoms with Gasteiger partial charge in [0, 0.05) is 11.8 Å². The van der Waals surface area contributed by atoms with Crippen molar-refractivity contribution in [3.63, 3.8) is 0 Å². The molecule has 1 saturated heterocycles. The van der Waals surface area contributed by atoms with Crippen LogP contribution < -0.4 is 20.9 Å². The summed E-state index contributed by atoms with van der Waals surface area (Å²) < 4.78 is 12.8. The van der Waals surface area contributed by atoms with E-state index in [4.69, 9.17) is 38.4 Å². The van der Waals surface area contributed by atoms with Crippen molar-refractivity contribution in [2.75, 3.05) is 32.8 Å². The highest BCUT2D eigenvalue weighted by atomic mass is 35.5. The molecule has 0 bridgehead atoms. The van der Waals surface area contributed by atoms with E-state index in [1.54, 1.807) is 28.8 Å². The van der Waals surface area contributed by atoms with Gasteiger partial charge < -0.3 is 24.7 Å². The van der Waals surface area contributed by atoms with Gasteiger partial charge in [-0.3, -0.25) is 4.79 Å². The van der Waals surface area contributed by atoms with Crippen molar-refractivity contribution in [2.24, 2.45) is 5.73 Å². The Hall–Kier alpha value is -2.50. The minimum atomic E-state index is -0.755. The minimum Gasteiger partial charge on any atom is -0.440 e. The summed E-state index contributed by atoms with van der Waals surface area (Å²) in [6.07, 6.45) is 0. The van der Waals surface area contributed by atoms with Crippen molar-refractivity contribution in [2.45, 2.75) is 19.4 Å². The number of allylic oxidation sites excluding steroid dienone is 1. The van der Waals surface area contributed by atoms with E-state index in [-0.39, 0.29) is 22.0 Å². The zero-order valence-corrected chi connectivity index (χ0v) is 18.6. The zero-order chi connectivity index (χ0) is 22.1. The Morgan fingerprint density at radius 3 is 2.77 bits per heavy atom. The maximum absolute atomic E-state index is 13.7. The number of morpholine rings is 1. The van der Waals surface area contributed by atoms with Crippen molar-refractivity contribution in [1.29, 1.82) is 5.26 Å². The van der Waals surface area contributed by atoms with Crippen LogP contribution in [0.15, 0.2) is 40.5 Å². The molecular formula is C22H23Cl2N4O3+. The predicted octanol–water partition coefficient (Wildman–Crippen LogP) is 1.60. The number of quaternary nitrogens is 1. The lowest BCUT2D eigenvalue weighted by Gasteiger charge is -2.28. The van der Waals surface area contributed by atoms with Crippen LogP contribution in [0.25, 0.3) is 0 Å². The molecule has 7 nitrogen and oxygen atoms in total. The summed E-state index contributed by atoms with van der Waals surface area (Å²) in [7, 11) is 0. The highest BCUT2D eigenvalue weighted by Crippen LogP contribution is 2.44. The summed E-state index contributed by atoms with van der Waals surface area (Å²) in [5.41, 5.74) is 7.63. The Kier molecular flexibility index (Phi) is 6.26. The number of rotatable bonds is 4. The molecule has 31 heavy (non-hydrogen) atoms. The molecule has 1 fully saturated rings.